The topological polar surface area (TPSA) is 39.7 Å². The number of nitrogens with one attached hydrogen (secondary N) is 1. The third kappa shape index (κ3) is 2.37. The van der Waals surface area contributed by atoms with Gasteiger partial charge in [-0.1, -0.05) is 0 Å². The Balaban J connectivity index is 1.78. The zero-order valence-electron chi connectivity index (χ0n) is 11.9. The smallest absolute Gasteiger partial charge is 0.231 e. The van der Waals surface area contributed by atoms with E-state index in [0.29, 0.717) is 6.79 Å². The number of ether oxygens (including phenoxy) is 3. The Morgan fingerprint density at radius 1 is 1.11 bits per heavy atom. The fourth-order valence-electron chi connectivity index (χ4n) is 2.97. The molecule has 1 unspecified atom stereocenters. The van der Waals surface area contributed by atoms with E-state index in [-0.39, 0.29) is 17.2 Å². The van der Waals surface area contributed by atoms with Crippen LogP contribution >= 0.6 is 0 Å². The molecule has 4 heteroatoms. The first-order valence-electron chi connectivity index (χ1n) is 6.72. The Morgan fingerprint density at radius 3 is 2.53 bits per heavy atom. The van der Waals surface area contributed by atoms with Crippen molar-refractivity contribution in [3.63, 3.8) is 0 Å². The highest BCUT2D eigenvalue weighted by Gasteiger charge is 2.45. The summed E-state index contributed by atoms with van der Waals surface area (Å²) in [6.07, 6.45) is 0.981. The summed E-state index contributed by atoms with van der Waals surface area (Å²) in [5.41, 5.74) is 0.779. The normalized spacial score (nSPS) is 26.4. The first kappa shape index (κ1) is 12.6. The highest BCUT2D eigenvalue weighted by atomic mass is 16.7. The highest BCUT2D eigenvalue weighted by Crippen LogP contribution is 2.40. The standard InChI is InChI=1S/C15H21NO3/c1-14(2)8-13(15(3,4)19-14)16-10-5-6-11-12(7-10)18-9-17-11/h5-7,13,16H,8-9H2,1-4H3. The average molecular weight is 263 g/mol. The molecule has 4 nitrogen and oxygen atoms in total. The van der Waals surface area contributed by atoms with Gasteiger partial charge >= 0.3 is 0 Å². The van der Waals surface area contributed by atoms with Gasteiger partial charge in [-0.25, -0.2) is 0 Å². The van der Waals surface area contributed by atoms with Crippen LogP contribution in [0.1, 0.15) is 34.1 Å². The van der Waals surface area contributed by atoms with Crippen LogP contribution in [-0.2, 0) is 4.74 Å². The Kier molecular flexibility index (Phi) is 2.68. The zero-order chi connectivity index (χ0) is 13.7. The second-order valence-electron chi connectivity index (χ2n) is 6.43. The molecule has 1 aromatic carbocycles. The van der Waals surface area contributed by atoms with Crippen LogP contribution in [-0.4, -0.2) is 24.0 Å². The first-order valence-corrected chi connectivity index (χ1v) is 6.72. The first-order chi connectivity index (χ1) is 8.86. The van der Waals surface area contributed by atoms with Crippen LogP contribution < -0.4 is 14.8 Å². The molecule has 0 aliphatic carbocycles. The van der Waals surface area contributed by atoms with Crippen LogP contribution in [0.25, 0.3) is 0 Å². The lowest BCUT2D eigenvalue weighted by Crippen LogP contribution is -2.38. The van der Waals surface area contributed by atoms with Crippen molar-refractivity contribution < 1.29 is 14.2 Å². The molecule has 0 spiro atoms. The maximum absolute atomic E-state index is 6.10. The molecule has 0 aromatic heterocycles. The van der Waals surface area contributed by atoms with Crippen molar-refractivity contribution in [1.29, 1.82) is 0 Å². The van der Waals surface area contributed by atoms with E-state index >= 15 is 0 Å². The van der Waals surface area contributed by atoms with Gasteiger partial charge in [-0.2, -0.15) is 0 Å². The Morgan fingerprint density at radius 2 is 1.84 bits per heavy atom. The number of benzene rings is 1. The molecule has 1 atom stereocenters. The van der Waals surface area contributed by atoms with Crippen LogP contribution in [0.2, 0.25) is 0 Å². The average Bonchev–Trinajstić information content (AvgIpc) is 2.80. The summed E-state index contributed by atoms with van der Waals surface area (Å²) >= 11 is 0. The lowest BCUT2D eigenvalue weighted by molar-refractivity contribution is -0.0662. The third-order valence-corrected chi connectivity index (χ3v) is 3.79. The summed E-state index contributed by atoms with van der Waals surface area (Å²) in [7, 11) is 0. The SMILES string of the molecule is CC1(C)CC(Nc2ccc3c(c2)OCO3)C(C)(C)O1. The molecule has 1 N–H and O–H groups in total. The van der Waals surface area contributed by atoms with Gasteiger partial charge in [-0.15, -0.1) is 0 Å². The number of hydrogen-bond acceptors (Lipinski definition) is 4. The van der Waals surface area contributed by atoms with Crippen LogP contribution in [0.5, 0.6) is 11.5 Å². The van der Waals surface area contributed by atoms with Crippen molar-refractivity contribution in [2.24, 2.45) is 0 Å². The molecule has 0 amide bonds. The maximum Gasteiger partial charge on any atom is 0.231 e. The van der Waals surface area contributed by atoms with E-state index < -0.39 is 0 Å². The van der Waals surface area contributed by atoms with E-state index in [1.807, 2.05) is 18.2 Å². The number of anilines is 1. The fourth-order valence-corrected chi connectivity index (χ4v) is 2.97. The van der Waals surface area contributed by atoms with Crippen LogP contribution in [0.4, 0.5) is 5.69 Å². The molecule has 2 heterocycles. The second kappa shape index (κ2) is 4.04. The van der Waals surface area contributed by atoms with Gasteiger partial charge in [0.25, 0.3) is 0 Å². The van der Waals surface area contributed by atoms with E-state index in [1.165, 1.54) is 0 Å². The van der Waals surface area contributed by atoms with Crippen molar-refractivity contribution in [3.8, 4) is 11.5 Å². The molecule has 0 saturated carbocycles. The van der Waals surface area contributed by atoms with Gasteiger partial charge in [-0.05, 0) is 46.2 Å². The predicted molar refractivity (Wildman–Crippen MR) is 73.8 cm³/mol. The third-order valence-electron chi connectivity index (χ3n) is 3.79. The van der Waals surface area contributed by atoms with Gasteiger partial charge in [0.1, 0.15) is 0 Å². The van der Waals surface area contributed by atoms with Crippen LogP contribution in [0, 0.1) is 0 Å². The molecule has 1 fully saturated rings. The van der Waals surface area contributed by atoms with Crippen LogP contribution in [0.3, 0.4) is 0 Å². The number of fused-ring (bicyclic) bond motifs is 1. The van der Waals surface area contributed by atoms with E-state index in [4.69, 9.17) is 14.2 Å². The molecule has 3 rings (SSSR count). The Bertz CT molecular complexity index is 496. The summed E-state index contributed by atoms with van der Waals surface area (Å²) < 4.78 is 16.8. The van der Waals surface area contributed by atoms with Gasteiger partial charge in [0.15, 0.2) is 11.5 Å². The summed E-state index contributed by atoms with van der Waals surface area (Å²) in [5, 5.41) is 3.56. The quantitative estimate of drug-likeness (QED) is 0.889. The van der Waals surface area contributed by atoms with Crippen LogP contribution in [0.15, 0.2) is 18.2 Å². The van der Waals surface area contributed by atoms with Crippen molar-refractivity contribution in [3.05, 3.63) is 18.2 Å². The summed E-state index contributed by atoms with van der Waals surface area (Å²) in [6.45, 7) is 8.84. The minimum Gasteiger partial charge on any atom is -0.454 e. The lowest BCUT2D eigenvalue weighted by atomic mass is 9.94. The monoisotopic (exact) mass is 263 g/mol. The van der Waals surface area contributed by atoms with Gasteiger partial charge in [0.05, 0.1) is 17.2 Å². The molecular formula is C15H21NO3. The minimum atomic E-state index is -0.181. The molecule has 0 radical (unpaired) electrons. The molecule has 1 saturated heterocycles. The molecule has 2 aliphatic heterocycles. The van der Waals surface area contributed by atoms with Gasteiger partial charge in [-0.3, -0.25) is 0 Å². The second-order valence-corrected chi connectivity index (χ2v) is 6.43. The number of hydrogen-bond donors (Lipinski definition) is 1. The molecule has 19 heavy (non-hydrogen) atoms. The zero-order valence-corrected chi connectivity index (χ0v) is 11.9. The largest absolute Gasteiger partial charge is 0.454 e. The van der Waals surface area contributed by atoms with E-state index in [2.05, 4.69) is 33.0 Å². The molecule has 2 aliphatic rings. The van der Waals surface area contributed by atoms with Crippen molar-refractivity contribution >= 4 is 5.69 Å². The summed E-state index contributed by atoms with van der Waals surface area (Å²) in [4.78, 5) is 0. The Labute approximate surface area is 114 Å². The number of rotatable bonds is 2. The maximum atomic E-state index is 6.10. The van der Waals surface area contributed by atoms with Gasteiger partial charge in [0.2, 0.25) is 6.79 Å². The summed E-state index contributed by atoms with van der Waals surface area (Å²) in [5.74, 6) is 1.62. The van der Waals surface area contributed by atoms with E-state index in [0.717, 1.165) is 23.6 Å². The molecule has 104 valence electrons. The van der Waals surface area contributed by atoms with E-state index in [1.54, 1.807) is 0 Å². The molecule has 0 bridgehead atoms. The molecular weight excluding hydrogens is 242 g/mol. The molecule has 1 aromatic rings. The fraction of sp³-hybridized carbons (Fsp3) is 0.600. The minimum absolute atomic E-state index is 0.0858. The highest BCUT2D eigenvalue weighted by molar-refractivity contribution is 5.56. The van der Waals surface area contributed by atoms with Crippen molar-refractivity contribution in [2.45, 2.75) is 51.4 Å². The predicted octanol–water partition coefficient (Wildman–Crippen LogP) is 3.17. The Hall–Kier alpha value is -1.42. The van der Waals surface area contributed by atoms with Crippen molar-refractivity contribution in [2.75, 3.05) is 12.1 Å². The lowest BCUT2D eigenvalue weighted by Gasteiger charge is -2.28. The van der Waals surface area contributed by atoms with Crippen molar-refractivity contribution in [1.82, 2.24) is 0 Å². The van der Waals surface area contributed by atoms with Gasteiger partial charge < -0.3 is 19.5 Å². The van der Waals surface area contributed by atoms with Gasteiger partial charge in [0, 0.05) is 11.8 Å². The summed E-state index contributed by atoms with van der Waals surface area (Å²) in [6, 6.07) is 6.24. The van der Waals surface area contributed by atoms with E-state index in [9.17, 15) is 0 Å².